The van der Waals surface area contributed by atoms with E-state index in [-0.39, 0.29) is 6.04 Å². The topological polar surface area (TPSA) is 38.5 Å². The van der Waals surface area contributed by atoms with Gasteiger partial charge in [0.1, 0.15) is 0 Å². The molecule has 1 fully saturated rings. The van der Waals surface area contributed by atoms with Gasteiger partial charge >= 0.3 is 0 Å². The Hall–Kier alpha value is -1.06. The summed E-state index contributed by atoms with van der Waals surface area (Å²) >= 11 is 0. The van der Waals surface area contributed by atoms with Crippen molar-refractivity contribution in [2.24, 2.45) is 5.73 Å². The maximum Gasteiger partial charge on any atom is 0.0750 e. The number of hydrogen-bond acceptors (Lipinski definition) is 3. The van der Waals surface area contributed by atoms with Crippen LogP contribution in [0.1, 0.15) is 38.7 Å². The average molecular weight is 276 g/mol. The fraction of sp³-hybridized carbons (Fsp3) is 0.647. The van der Waals surface area contributed by atoms with Crippen molar-refractivity contribution in [2.45, 2.75) is 51.7 Å². The van der Waals surface area contributed by atoms with Gasteiger partial charge < -0.3 is 15.4 Å². The fourth-order valence-electron chi connectivity index (χ4n) is 2.74. The molecule has 2 rings (SSSR count). The molecule has 0 saturated carbocycles. The number of nitrogens with two attached hydrogens (primary N) is 1. The normalized spacial score (nSPS) is 20.1. The highest BCUT2D eigenvalue weighted by Crippen LogP contribution is 2.20. The van der Waals surface area contributed by atoms with Crippen LogP contribution >= 0.6 is 0 Å². The van der Waals surface area contributed by atoms with E-state index >= 15 is 0 Å². The Balaban J connectivity index is 1.95. The number of likely N-dealkylation sites (N-methyl/N-ethyl adjacent to an activating group) is 1. The summed E-state index contributed by atoms with van der Waals surface area (Å²) in [6.07, 6.45) is 4.80. The second-order valence-electron chi connectivity index (χ2n) is 5.71. The van der Waals surface area contributed by atoms with Gasteiger partial charge in [0.05, 0.1) is 6.10 Å². The van der Waals surface area contributed by atoms with Crippen molar-refractivity contribution in [1.29, 1.82) is 0 Å². The van der Waals surface area contributed by atoms with Crippen LogP contribution < -0.4 is 10.6 Å². The van der Waals surface area contributed by atoms with Crippen LogP contribution in [0.3, 0.4) is 0 Å². The number of anilines is 1. The number of benzene rings is 1. The third-order valence-electron chi connectivity index (χ3n) is 4.15. The van der Waals surface area contributed by atoms with Crippen LogP contribution in [-0.4, -0.2) is 31.8 Å². The molecule has 0 bridgehead atoms. The van der Waals surface area contributed by atoms with Crippen molar-refractivity contribution in [3.63, 3.8) is 0 Å². The highest BCUT2D eigenvalue weighted by molar-refractivity contribution is 5.47. The molecule has 112 valence electrons. The lowest BCUT2D eigenvalue weighted by Crippen LogP contribution is -2.32. The Morgan fingerprint density at radius 1 is 1.30 bits per heavy atom. The molecule has 0 amide bonds. The molecule has 0 spiro atoms. The van der Waals surface area contributed by atoms with Crippen molar-refractivity contribution >= 4 is 5.69 Å². The SMILES string of the molecule is CCC(N)Cc1ccc(N(CC)CC2CCCO2)cc1. The van der Waals surface area contributed by atoms with Gasteiger partial charge in [-0.3, -0.25) is 0 Å². The van der Waals surface area contributed by atoms with Crippen molar-refractivity contribution in [3.05, 3.63) is 29.8 Å². The summed E-state index contributed by atoms with van der Waals surface area (Å²) in [6.45, 7) is 7.30. The van der Waals surface area contributed by atoms with Gasteiger partial charge in [0.2, 0.25) is 0 Å². The lowest BCUT2D eigenvalue weighted by molar-refractivity contribution is 0.115. The summed E-state index contributed by atoms with van der Waals surface area (Å²) in [5, 5.41) is 0. The first-order valence-corrected chi connectivity index (χ1v) is 7.94. The van der Waals surface area contributed by atoms with Gasteiger partial charge in [-0.25, -0.2) is 0 Å². The molecular weight excluding hydrogens is 248 g/mol. The minimum Gasteiger partial charge on any atom is -0.376 e. The Bertz CT molecular complexity index is 384. The molecular formula is C17H28N2O. The molecule has 1 heterocycles. The number of rotatable bonds is 7. The Kier molecular flexibility index (Phi) is 5.86. The van der Waals surface area contributed by atoms with Crippen molar-refractivity contribution < 1.29 is 4.74 Å². The summed E-state index contributed by atoms with van der Waals surface area (Å²) in [4.78, 5) is 2.40. The van der Waals surface area contributed by atoms with Gasteiger partial charge in [-0.05, 0) is 50.3 Å². The van der Waals surface area contributed by atoms with Crippen LogP contribution in [0.4, 0.5) is 5.69 Å². The van der Waals surface area contributed by atoms with Crippen molar-refractivity contribution in [3.8, 4) is 0 Å². The van der Waals surface area contributed by atoms with E-state index in [1.165, 1.54) is 24.1 Å². The van der Waals surface area contributed by atoms with Crippen LogP contribution in [0.25, 0.3) is 0 Å². The molecule has 1 aromatic rings. The van der Waals surface area contributed by atoms with Crippen molar-refractivity contribution in [2.75, 3.05) is 24.6 Å². The molecule has 1 saturated heterocycles. The van der Waals surface area contributed by atoms with Crippen LogP contribution in [0.15, 0.2) is 24.3 Å². The first-order chi connectivity index (χ1) is 9.72. The minimum absolute atomic E-state index is 0.273. The quantitative estimate of drug-likeness (QED) is 0.832. The van der Waals surface area contributed by atoms with Gasteiger partial charge in [0.15, 0.2) is 0 Å². The molecule has 0 aromatic heterocycles. The van der Waals surface area contributed by atoms with Gasteiger partial charge in [-0.15, -0.1) is 0 Å². The average Bonchev–Trinajstić information content (AvgIpc) is 2.98. The molecule has 2 N–H and O–H groups in total. The van der Waals surface area contributed by atoms with Gasteiger partial charge in [-0.1, -0.05) is 19.1 Å². The molecule has 2 atom stereocenters. The maximum absolute atomic E-state index is 6.01. The molecule has 0 radical (unpaired) electrons. The van der Waals surface area contributed by atoms with E-state index in [1.807, 2.05) is 0 Å². The Morgan fingerprint density at radius 2 is 2.05 bits per heavy atom. The molecule has 3 heteroatoms. The zero-order valence-corrected chi connectivity index (χ0v) is 12.8. The van der Waals surface area contributed by atoms with Gasteiger partial charge in [0, 0.05) is 31.4 Å². The van der Waals surface area contributed by atoms with E-state index in [0.717, 1.165) is 32.5 Å². The number of nitrogens with zero attached hydrogens (tertiary/aromatic N) is 1. The molecule has 1 aliphatic rings. The van der Waals surface area contributed by atoms with E-state index in [2.05, 4.69) is 43.0 Å². The summed E-state index contributed by atoms with van der Waals surface area (Å²) in [5.74, 6) is 0. The van der Waals surface area contributed by atoms with E-state index in [0.29, 0.717) is 6.10 Å². The van der Waals surface area contributed by atoms with Gasteiger partial charge in [0.25, 0.3) is 0 Å². The third-order valence-corrected chi connectivity index (χ3v) is 4.15. The van der Waals surface area contributed by atoms with E-state index in [4.69, 9.17) is 10.5 Å². The Labute approximate surface area is 123 Å². The lowest BCUT2D eigenvalue weighted by atomic mass is 10.0. The zero-order valence-electron chi connectivity index (χ0n) is 12.8. The molecule has 1 aromatic carbocycles. The second-order valence-corrected chi connectivity index (χ2v) is 5.71. The van der Waals surface area contributed by atoms with Crippen LogP contribution in [-0.2, 0) is 11.2 Å². The molecule has 0 aliphatic carbocycles. The van der Waals surface area contributed by atoms with Crippen LogP contribution in [0, 0.1) is 0 Å². The monoisotopic (exact) mass is 276 g/mol. The number of ether oxygens (including phenoxy) is 1. The van der Waals surface area contributed by atoms with Crippen LogP contribution in [0.2, 0.25) is 0 Å². The third kappa shape index (κ3) is 4.22. The highest BCUT2D eigenvalue weighted by Gasteiger charge is 2.18. The first kappa shape index (κ1) is 15.3. The summed E-state index contributed by atoms with van der Waals surface area (Å²) in [7, 11) is 0. The Morgan fingerprint density at radius 3 is 2.60 bits per heavy atom. The summed E-state index contributed by atoms with van der Waals surface area (Å²) in [5.41, 5.74) is 8.63. The van der Waals surface area contributed by atoms with Gasteiger partial charge in [-0.2, -0.15) is 0 Å². The second kappa shape index (κ2) is 7.65. The summed E-state index contributed by atoms with van der Waals surface area (Å²) in [6, 6.07) is 9.13. The standard InChI is InChI=1S/C17H28N2O/c1-3-15(18)12-14-7-9-16(10-8-14)19(4-2)13-17-6-5-11-20-17/h7-10,15,17H,3-6,11-13,18H2,1-2H3. The maximum atomic E-state index is 6.01. The molecule has 20 heavy (non-hydrogen) atoms. The zero-order chi connectivity index (χ0) is 14.4. The predicted octanol–water partition coefficient (Wildman–Crippen LogP) is 2.97. The minimum atomic E-state index is 0.273. The van der Waals surface area contributed by atoms with E-state index in [9.17, 15) is 0 Å². The molecule has 2 unspecified atom stereocenters. The fourth-order valence-corrected chi connectivity index (χ4v) is 2.74. The van der Waals surface area contributed by atoms with E-state index in [1.54, 1.807) is 0 Å². The smallest absolute Gasteiger partial charge is 0.0750 e. The first-order valence-electron chi connectivity index (χ1n) is 7.94. The van der Waals surface area contributed by atoms with Crippen LogP contribution in [0.5, 0.6) is 0 Å². The molecule has 3 nitrogen and oxygen atoms in total. The largest absolute Gasteiger partial charge is 0.376 e. The highest BCUT2D eigenvalue weighted by atomic mass is 16.5. The lowest BCUT2D eigenvalue weighted by Gasteiger charge is -2.26. The summed E-state index contributed by atoms with van der Waals surface area (Å²) < 4.78 is 5.74. The predicted molar refractivity (Wildman–Crippen MR) is 85.3 cm³/mol. The molecule has 1 aliphatic heterocycles. The van der Waals surface area contributed by atoms with Crippen molar-refractivity contribution in [1.82, 2.24) is 0 Å². The van der Waals surface area contributed by atoms with E-state index < -0.39 is 0 Å². The number of hydrogen-bond donors (Lipinski definition) is 1.